The largest absolute Gasteiger partial charge is 0.354 e. The molecule has 0 spiro atoms. The number of anilines is 1. The number of rotatable bonds is 13. The summed E-state index contributed by atoms with van der Waals surface area (Å²) in [5.74, 6) is -0.694. The molecule has 0 saturated carbocycles. The fourth-order valence-corrected chi connectivity index (χ4v) is 5.92. The molecule has 2 amide bonds. The number of nitrogens with one attached hydrogen (secondary N) is 1. The number of unbranched alkanes of at least 4 members (excludes halogenated alkanes) is 1. The van der Waals surface area contributed by atoms with Crippen molar-refractivity contribution >= 4 is 27.5 Å². The molecule has 0 heterocycles. The lowest BCUT2D eigenvalue weighted by molar-refractivity contribution is -0.138. The number of carbonyl (C=O) groups excluding carboxylic acids is 2. The van der Waals surface area contributed by atoms with Crippen molar-refractivity contribution in [2.24, 2.45) is 0 Å². The lowest BCUT2D eigenvalue weighted by atomic mass is 10.1. The number of aryl methyl sites for hydroxylation is 3. The van der Waals surface area contributed by atoms with Gasteiger partial charge in [0.15, 0.2) is 0 Å². The molecular formula is C32H41N3O4S. The van der Waals surface area contributed by atoms with E-state index in [1.54, 1.807) is 37.3 Å². The van der Waals surface area contributed by atoms with Crippen LogP contribution in [-0.2, 0) is 26.0 Å². The summed E-state index contributed by atoms with van der Waals surface area (Å²) < 4.78 is 29.2. The van der Waals surface area contributed by atoms with Gasteiger partial charge in [-0.3, -0.25) is 13.9 Å². The third kappa shape index (κ3) is 7.94. The van der Waals surface area contributed by atoms with Crippen molar-refractivity contribution < 1.29 is 18.0 Å². The Kier molecular flexibility index (Phi) is 10.9. The van der Waals surface area contributed by atoms with Crippen molar-refractivity contribution in [3.8, 4) is 0 Å². The van der Waals surface area contributed by atoms with Crippen LogP contribution in [0.5, 0.6) is 0 Å². The van der Waals surface area contributed by atoms with Crippen molar-refractivity contribution in [2.75, 3.05) is 23.9 Å². The normalized spacial score (nSPS) is 12.0. The number of nitrogens with zero attached hydrogens (tertiary/aromatic N) is 2. The van der Waals surface area contributed by atoms with E-state index in [4.69, 9.17) is 0 Å². The van der Waals surface area contributed by atoms with Gasteiger partial charge in [0, 0.05) is 13.1 Å². The second-order valence-electron chi connectivity index (χ2n) is 10.3. The Labute approximate surface area is 239 Å². The van der Waals surface area contributed by atoms with Gasteiger partial charge in [-0.05, 0) is 75.4 Å². The van der Waals surface area contributed by atoms with Crippen molar-refractivity contribution in [3.63, 3.8) is 0 Å². The third-order valence-electron chi connectivity index (χ3n) is 7.00. The molecule has 1 unspecified atom stereocenters. The summed E-state index contributed by atoms with van der Waals surface area (Å²) in [4.78, 5) is 28.6. The van der Waals surface area contributed by atoms with E-state index in [0.717, 1.165) is 35.1 Å². The Balaban J connectivity index is 1.99. The van der Waals surface area contributed by atoms with Crippen LogP contribution in [0.1, 0.15) is 48.9 Å². The van der Waals surface area contributed by atoms with Crippen LogP contribution in [0.25, 0.3) is 0 Å². The van der Waals surface area contributed by atoms with Crippen LogP contribution in [0, 0.1) is 20.8 Å². The molecule has 0 aromatic heterocycles. The smallest absolute Gasteiger partial charge is 0.264 e. The summed E-state index contributed by atoms with van der Waals surface area (Å²) in [5, 5.41) is 2.92. The summed E-state index contributed by atoms with van der Waals surface area (Å²) in [6.07, 6.45) is 2.31. The topological polar surface area (TPSA) is 86.8 Å². The molecule has 214 valence electrons. The second-order valence-corrected chi connectivity index (χ2v) is 12.1. The summed E-state index contributed by atoms with van der Waals surface area (Å²) in [7, 11) is -4.08. The van der Waals surface area contributed by atoms with Gasteiger partial charge in [0.25, 0.3) is 10.0 Å². The van der Waals surface area contributed by atoms with Gasteiger partial charge in [-0.1, -0.05) is 73.5 Å². The Morgan fingerprint density at radius 3 is 2.20 bits per heavy atom. The van der Waals surface area contributed by atoms with Crippen molar-refractivity contribution in [3.05, 3.63) is 95.1 Å². The molecule has 8 heteroatoms. The summed E-state index contributed by atoms with van der Waals surface area (Å²) in [6.45, 7) is 9.71. The molecule has 0 radical (unpaired) electrons. The van der Waals surface area contributed by atoms with E-state index in [-0.39, 0.29) is 17.3 Å². The maximum atomic E-state index is 14.0. The lowest BCUT2D eigenvalue weighted by Gasteiger charge is -2.32. The van der Waals surface area contributed by atoms with Gasteiger partial charge in [-0.2, -0.15) is 0 Å². The van der Waals surface area contributed by atoms with Gasteiger partial charge in [-0.25, -0.2) is 8.42 Å². The molecule has 0 aliphatic carbocycles. The van der Waals surface area contributed by atoms with E-state index < -0.39 is 28.5 Å². The molecule has 40 heavy (non-hydrogen) atoms. The molecule has 3 aromatic rings. The first-order chi connectivity index (χ1) is 19.0. The molecule has 1 atom stereocenters. The zero-order chi connectivity index (χ0) is 29.3. The minimum Gasteiger partial charge on any atom is -0.354 e. The van der Waals surface area contributed by atoms with Crippen LogP contribution in [0.15, 0.2) is 77.7 Å². The molecule has 3 aromatic carbocycles. The summed E-state index contributed by atoms with van der Waals surface area (Å²) in [6, 6.07) is 21.1. The number of amides is 2. The number of hydrogen-bond acceptors (Lipinski definition) is 4. The first-order valence-electron chi connectivity index (χ1n) is 13.8. The van der Waals surface area contributed by atoms with E-state index in [0.29, 0.717) is 18.7 Å². The van der Waals surface area contributed by atoms with Crippen LogP contribution in [-0.4, -0.2) is 50.8 Å². The van der Waals surface area contributed by atoms with Crippen LogP contribution < -0.4 is 9.62 Å². The van der Waals surface area contributed by atoms with Gasteiger partial charge in [0.1, 0.15) is 12.6 Å². The minimum absolute atomic E-state index is 0.105. The molecule has 1 N–H and O–H groups in total. The predicted molar refractivity (Wildman–Crippen MR) is 161 cm³/mol. The zero-order valence-electron chi connectivity index (χ0n) is 24.2. The Morgan fingerprint density at radius 2 is 1.55 bits per heavy atom. The molecule has 0 bridgehead atoms. The van der Waals surface area contributed by atoms with Gasteiger partial charge >= 0.3 is 0 Å². The van der Waals surface area contributed by atoms with E-state index in [1.807, 2.05) is 70.2 Å². The molecular weight excluding hydrogens is 522 g/mol. The van der Waals surface area contributed by atoms with E-state index >= 15 is 0 Å². The molecule has 0 aliphatic rings. The maximum Gasteiger partial charge on any atom is 0.264 e. The van der Waals surface area contributed by atoms with E-state index in [1.165, 1.54) is 9.21 Å². The number of carbonyl (C=O) groups is 2. The van der Waals surface area contributed by atoms with E-state index in [9.17, 15) is 18.0 Å². The monoisotopic (exact) mass is 563 g/mol. The molecule has 3 rings (SSSR count). The fraction of sp³-hybridized carbons (Fsp3) is 0.375. The van der Waals surface area contributed by atoms with Crippen LogP contribution in [0.3, 0.4) is 0 Å². The highest BCUT2D eigenvalue weighted by atomic mass is 32.2. The predicted octanol–water partition coefficient (Wildman–Crippen LogP) is 5.18. The van der Waals surface area contributed by atoms with E-state index in [2.05, 4.69) is 5.32 Å². The lowest BCUT2D eigenvalue weighted by Crippen LogP contribution is -2.52. The van der Waals surface area contributed by atoms with Gasteiger partial charge in [-0.15, -0.1) is 0 Å². The average molecular weight is 564 g/mol. The van der Waals surface area contributed by atoms with Crippen molar-refractivity contribution in [1.82, 2.24) is 10.2 Å². The second kappa shape index (κ2) is 14.1. The highest BCUT2D eigenvalue weighted by Crippen LogP contribution is 2.28. The highest BCUT2D eigenvalue weighted by molar-refractivity contribution is 7.92. The Morgan fingerprint density at radius 1 is 0.900 bits per heavy atom. The summed E-state index contributed by atoms with van der Waals surface area (Å²) in [5.41, 5.74) is 4.01. The zero-order valence-corrected chi connectivity index (χ0v) is 25.0. The number of hydrogen-bond donors (Lipinski definition) is 1. The van der Waals surface area contributed by atoms with Crippen LogP contribution in [0.4, 0.5) is 5.69 Å². The van der Waals surface area contributed by atoms with Crippen molar-refractivity contribution in [2.45, 2.75) is 64.8 Å². The van der Waals surface area contributed by atoms with Crippen molar-refractivity contribution in [1.29, 1.82) is 0 Å². The van der Waals surface area contributed by atoms with Gasteiger partial charge < -0.3 is 10.2 Å². The molecule has 0 aliphatic heterocycles. The van der Waals surface area contributed by atoms with Gasteiger partial charge in [0.05, 0.1) is 10.6 Å². The van der Waals surface area contributed by atoms with Crippen LogP contribution >= 0.6 is 0 Å². The fourth-order valence-electron chi connectivity index (χ4n) is 4.45. The molecule has 7 nitrogen and oxygen atoms in total. The average Bonchev–Trinajstić information content (AvgIpc) is 2.94. The van der Waals surface area contributed by atoms with Gasteiger partial charge in [0.2, 0.25) is 11.8 Å². The Bertz CT molecular complexity index is 1390. The summed E-state index contributed by atoms with van der Waals surface area (Å²) >= 11 is 0. The Hall–Kier alpha value is -3.65. The first-order valence-corrected chi connectivity index (χ1v) is 15.3. The quantitative estimate of drug-likeness (QED) is 0.290. The maximum absolute atomic E-state index is 14.0. The first kappa shape index (κ1) is 30.9. The SMILES string of the molecule is CCCCNC(=O)C(C)N(CCc1ccccc1)C(=O)CN(c1cc(C)ccc1C)S(=O)(=O)c1ccc(C)cc1. The standard InChI is InChI=1S/C32H41N3O4S/c1-6-7-20-33-32(37)27(5)34(21-19-28-11-9-8-10-12-28)31(36)23-35(30-22-25(3)13-16-26(30)4)40(38,39)29-17-14-24(2)15-18-29/h8-18,22,27H,6-7,19-21,23H2,1-5H3,(H,33,37). The minimum atomic E-state index is -4.08. The number of benzene rings is 3. The third-order valence-corrected chi connectivity index (χ3v) is 8.78. The molecule has 0 saturated heterocycles. The number of sulfonamides is 1. The highest BCUT2D eigenvalue weighted by Gasteiger charge is 2.33. The molecule has 0 fully saturated rings. The van der Waals surface area contributed by atoms with Crippen LogP contribution in [0.2, 0.25) is 0 Å².